The maximum absolute atomic E-state index is 9.84. The van der Waals surface area contributed by atoms with Gasteiger partial charge in [-0.05, 0) is 41.5 Å². The lowest BCUT2D eigenvalue weighted by atomic mass is 9.58. The third-order valence-electron chi connectivity index (χ3n) is 5.71. The summed E-state index contributed by atoms with van der Waals surface area (Å²) in [6.07, 6.45) is 0.951. The van der Waals surface area contributed by atoms with Crippen LogP contribution in [0, 0.1) is 5.92 Å². The van der Waals surface area contributed by atoms with Crippen molar-refractivity contribution in [2.45, 2.75) is 31.3 Å². The van der Waals surface area contributed by atoms with E-state index in [0.717, 1.165) is 29.5 Å². The molecule has 1 heterocycles. The monoisotopic (exact) mass is 404 g/mol. The van der Waals surface area contributed by atoms with Crippen LogP contribution in [0.4, 0.5) is 0 Å². The Bertz CT molecular complexity index is 1050. The van der Waals surface area contributed by atoms with Crippen LogP contribution in [0.2, 0.25) is 0 Å². The van der Waals surface area contributed by atoms with Crippen molar-refractivity contribution in [3.05, 3.63) is 82.4 Å². The highest BCUT2D eigenvalue weighted by Crippen LogP contribution is 2.49. The number of para-hydroxylation sites is 1. The van der Waals surface area contributed by atoms with E-state index in [1.807, 2.05) is 36.4 Å². The molecule has 30 heavy (non-hydrogen) atoms. The molecular formula is C23H24N4O3. The number of benzene rings is 2. The fourth-order valence-electron chi connectivity index (χ4n) is 4.10. The zero-order valence-electron chi connectivity index (χ0n) is 16.8. The topological polar surface area (TPSA) is 104 Å². The lowest BCUT2D eigenvalue weighted by molar-refractivity contribution is 0.0430. The van der Waals surface area contributed by atoms with Gasteiger partial charge >= 0.3 is 0 Å². The van der Waals surface area contributed by atoms with Gasteiger partial charge in [-0.1, -0.05) is 65.7 Å². The van der Waals surface area contributed by atoms with E-state index in [2.05, 4.69) is 46.4 Å². The second-order valence-electron chi connectivity index (χ2n) is 8.02. The van der Waals surface area contributed by atoms with Crippen LogP contribution in [-0.2, 0) is 10.3 Å². The van der Waals surface area contributed by atoms with Crippen LogP contribution in [0.1, 0.15) is 31.1 Å². The van der Waals surface area contributed by atoms with E-state index in [4.69, 9.17) is 14.8 Å². The Morgan fingerprint density at radius 2 is 1.97 bits per heavy atom. The lowest BCUT2D eigenvalue weighted by Gasteiger charge is -2.45. The normalized spacial score (nSPS) is 22.2. The summed E-state index contributed by atoms with van der Waals surface area (Å²) in [5.74, 6) is 0.867. The van der Waals surface area contributed by atoms with Gasteiger partial charge in [0.1, 0.15) is 17.9 Å². The van der Waals surface area contributed by atoms with E-state index in [0.29, 0.717) is 5.76 Å². The molecule has 3 aromatic rings. The van der Waals surface area contributed by atoms with Crippen LogP contribution in [0.3, 0.4) is 0 Å². The number of furan rings is 1. The SMILES string of the molecule is CC1(c2ccccc2)CC(/C(=N/OCC(O)CN=[N+]=[N-])c2cc3ccccc3o2)C1. The van der Waals surface area contributed by atoms with Crippen LogP contribution >= 0.6 is 0 Å². The first-order valence-electron chi connectivity index (χ1n) is 10.0. The van der Waals surface area contributed by atoms with E-state index in [1.165, 1.54) is 5.56 Å². The summed E-state index contributed by atoms with van der Waals surface area (Å²) in [5, 5.41) is 18.5. The molecule has 0 aliphatic heterocycles. The zero-order chi connectivity index (χ0) is 21.0. The highest BCUT2D eigenvalue weighted by molar-refractivity contribution is 6.03. The van der Waals surface area contributed by atoms with Crippen LogP contribution < -0.4 is 0 Å². The minimum atomic E-state index is -0.905. The summed E-state index contributed by atoms with van der Waals surface area (Å²) in [5.41, 5.74) is 11.3. The second-order valence-corrected chi connectivity index (χ2v) is 8.02. The second kappa shape index (κ2) is 8.61. The van der Waals surface area contributed by atoms with Gasteiger partial charge in [-0.25, -0.2) is 0 Å². The third-order valence-corrected chi connectivity index (χ3v) is 5.71. The van der Waals surface area contributed by atoms with E-state index in [-0.39, 0.29) is 24.5 Å². The van der Waals surface area contributed by atoms with E-state index in [1.54, 1.807) is 0 Å². The summed E-state index contributed by atoms with van der Waals surface area (Å²) in [4.78, 5) is 8.08. The molecule has 1 N–H and O–H groups in total. The molecule has 1 fully saturated rings. The number of azide groups is 1. The molecule has 7 heteroatoms. The summed E-state index contributed by atoms with van der Waals surface area (Å²) in [7, 11) is 0. The first kappa shape index (κ1) is 20.0. The first-order chi connectivity index (χ1) is 14.6. The summed E-state index contributed by atoms with van der Waals surface area (Å²) in [6, 6.07) is 20.3. The molecule has 0 amide bonds. The van der Waals surface area contributed by atoms with Gasteiger partial charge in [-0.15, -0.1) is 0 Å². The largest absolute Gasteiger partial charge is 0.455 e. The van der Waals surface area contributed by atoms with Gasteiger partial charge in [-0.3, -0.25) is 0 Å². The predicted octanol–water partition coefficient (Wildman–Crippen LogP) is 5.19. The number of hydrogen-bond donors (Lipinski definition) is 1. The Labute approximate surface area is 174 Å². The Hall–Kier alpha value is -3.28. The Morgan fingerprint density at radius 3 is 2.70 bits per heavy atom. The molecule has 1 saturated carbocycles. The number of rotatable bonds is 8. The Kier molecular flexibility index (Phi) is 5.74. The van der Waals surface area contributed by atoms with Gasteiger partial charge in [0.05, 0.1) is 12.6 Å². The molecule has 0 spiro atoms. The maximum atomic E-state index is 9.84. The van der Waals surface area contributed by atoms with Crippen molar-refractivity contribution in [2.75, 3.05) is 13.2 Å². The quantitative estimate of drug-likeness (QED) is 0.184. The summed E-state index contributed by atoms with van der Waals surface area (Å²) in [6.45, 7) is 2.16. The molecule has 1 aliphatic rings. The van der Waals surface area contributed by atoms with Crippen LogP contribution in [0.25, 0.3) is 21.4 Å². The fraction of sp³-hybridized carbons (Fsp3) is 0.348. The van der Waals surface area contributed by atoms with Gasteiger partial charge < -0.3 is 14.4 Å². The first-order valence-corrected chi connectivity index (χ1v) is 10.0. The molecule has 0 bridgehead atoms. The van der Waals surface area contributed by atoms with Crippen molar-refractivity contribution in [1.29, 1.82) is 0 Å². The van der Waals surface area contributed by atoms with Crippen molar-refractivity contribution in [3.63, 3.8) is 0 Å². The average molecular weight is 404 g/mol. The average Bonchev–Trinajstić information content (AvgIpc) is 3.18. The maximum Gasteiger partial charge on any atom is 0.153 e. The number of aliphatic hydroxyl groups is 1. The molecule has 7 nitrogen and oxygen atoms in total. The molecule has 4 rings (SSSR count). The highest BCUT2D eigenvalue weighted by atomic mass is 16.6. The van der Waals surface area contributed by atoms with Crippen molar-refractivity contribution in [1.82, 2.24) is 0 Å². The Balaban J connectivity index is 1.55. The number of aliphatic hydroxyl groups excluding tert-OH is 1. The standard InChI is InChI=1S/C23H24N4O3/c1-23(18-8-3-2-4-9-18)12-17(13-23)22(26-29-15-19(28)14-25-27-24)21-11-16-7-5-6-10-20(16)30-21/h2-11,17,19,28H,12-15H2,1H3/b26-22-. The number of oxime groups is 1. The van der Waals surface area contributed by atoms with Crippen LogP contribution in [0.15, 0.2) is 75.4 Å². The van der Waals surface area contributed by atoms with Gasteiger partial charge in [0, 0.05) is 16.2 Å². The van der Waals surface area contributed by atoms with Crippen molar-refractivity contribution in [3.8, 4) is 0 Å². The Morgan fingerprint density at radius 1 is 1.23 bits per heavy atom. The third kappa shape index (κ3) is 4.17. The molecule has 154 valence electrons. The summed E-state index contributed by atoms with van der Waals surface area (Å²) < 4.78 is 6.04. The van der Waals surface area contributed by atoms with Crippen molar-refractivity contribution >= 4 is 16.7 Å². The molecule has 1 unspecified atom stereocenters. The van der Waals surface area contributed by atoms with Crippen molar-refractivity contribution < 1.29 is 14.4 Å². The predicted molar refractivity (Wildman–Crippen MR) is 115 cm³/mol. The molecule has 2 aromatic carbocycles. The van der Waals surface area contributed by atoms with Crippen LogP contribution in [0.5, 0.6) is 0 Å². The molecule has 1 aromatic heterocycles. The molecular weight excluding hydrogens is 380 g/mol. The van der Waals surface area contributed by atoms with Gasteiger partial charge in [0.2, 0.25) is 0 Å². The number of nitrogens with zero attached hydrogens (tertiary/aromatic N) is 4. The van der Waals surface area contributed by atoms with E-state index in [9.17, 15) is 5.11 Å². The fourth-order valence-corrected chi connectivity index (χ4v) is 4.10. The van der Waals surface area contributed by atoms with Gasteiger partial charge in [0.15, 0.2) is 5.76 Å². The zero-order valence-corrected chi connectivity index (χ0v) is 16.8. The molecule has 0 radical (unpaired) electrons. The van der Waals surface area contributed by atoms with E-state index < -0.39 is 6.10 Å². The van der Waals surface area contributed by atoms with Crippen LogP contribution in [-0.4, -0.2) is 30.1 Å². The number of fused-ring (bicyclic) bond motifs is 1. The molecule has 1 aliphatic carbocycles. The number of hydrogen-bond acceptors (Lipinski definition) is 5. The van der Waals surface area contributed by atoms with Gasteiger partial charge in [-0.2, -0.15) is 0 Å². The minimum Gasteiger partial charge on any atom is -0.455 e. The van der Waals surface area contributed by atoms with Crippen molar-refractivity contribution in [2.24, 2.45) is 16.2 Å². The van der Waals surface area contributed by atoms with Gasteiger partial charge in [0.25, 0.3) is 0 Å². The lowest BCUT2D eigenvalue weighted by Crippen LogP contribution is -2.42. The van der Waals surface area contributed by atoms with E-state index >= 15 is 0 Å². The molecule has 0 saturated heterocycles. The molecule has 1 atom stereocenters. The highest BCUT2D eigenvalue weighted by Gasteiger charge is 2.45. The minimum absolute atomic E-state index is 0.0502. The summed E-state index contributed by atoms with van der Waals surface area (Å²) >= 11 is 0. The smallest absolute Gasteiger partial charge is 0.153 e.